The minimum Gasteiger partial charge on any atom is -0.492 e. The average Bonchev–Trinajstić information content (AvgIpc) is 3.12. The Bertz CT molecular complexity index is 1110. The molecule has 0 atom stereocenters. The third kappa shape index (κ3) is 4.13. The van der Waals surface area contributed by atoms with Gasteiger partial charge in [-0.1, -0.05) is 23.7 Å². The van der Waals surface area contributed by atoms with E-state index in [-0.39, 0.29) is 0 Å². The molecule has 0 aliphatic rings. The number of nitrogens with zero attached hydrogens (tertiary/aromatic N) is 1. The summed E-state index contributed by atoms with van der Waals surface area (Å²) in [6.07, 6.45) is 0. The van der Waals surface area contributed by atoms with Gasteiger partial charge in [-0.3, -0.25) is 0 Å². The Balaban J connectivity index is 1.45. The van der Waals surface area contributed by atoms with Gasteiger partial charge >= 0.3 is 0 Å². The van der Waals surface area contributed by atoms with Crippen molar-refractivity contribution < 1.29 is 4.74 Å². The van der Waals surface area contributed by atoms with Crippen molar-refractivity contribution in [2.45, 2.75) is 20.4 Å². The molecule has 0 saturated heterocycles. The first-order chi connectivity index (χ1) is 13.6. The molecule has 3 aromatic carbocycles. The molecule has 0 unspecified atom stereocenters. The van der Waals surface area contributed by atoms with Crippen molar-refractivity contribution in [2.24, 2.45) is 0 Å². The predicted octanol–water partition coefficient (Wildman–Crippen LogP) is 6.94. The lowest BCUT2D eigenvalue weighted by Crippen LogP contribution is -2.00. The summed E-state index contributed by atoms with van der Waals surface area (Å²) >= 11 is 7.99. The molecule has 1 heterocycles. The van der Waals surface area contributed by atoms with Gasteiger partial charge in [-0.2, -0.15) is 0 Å². The number of hydrogen-bond donors (Lipinski definition) is 1. The molecule has 0 saturated carbocycles. The van der Waals surface area contributed by atoms with E-state index in [1.165, 1.54) is 10.3 Å². The van der Waals surface area contributed by atoms with Crippen LogP contribution in [0.25, 0.3) is 20.8 Å². The van der Waals surface area contributed by atoms with Crippen LogP contribution in [0.1, 0.15) is 18.1 Å². The van der Waals surface area contributed by atoms with Crippen molar-refractivity contribution in [3.8, 4) is 16.3 Å². The lowest BCUT2D eigenvalue weighted by molar-refractivity contribution is 0.340. The van der Waals surface area contributed by atoms with Gasteiger partial charge in [-0.05, 0) is 73.5 Å². The molecule has 0 bridgehead atoms. The summed E-state index contributed by atoms with van der Waals surface area (Å²) in [6.45, 7) is 5.37. The molecule has 0 aliphatic heterocycles. The molecule has 28 heavy (non-hydrogen) atoms. The fourth-order valence-corrected chi connectivity index (χ4v) is 4.34. The van der Waals surface area contributed by atoms with Crippen LogP contribution in [0.15, 0.2) is 60.7 Å². The normalized spacial score (nSPS) is 11.0. The number of thiazole rings is 1. The monoisotopic (exact) mass is 408 g/mol. The van der Waals surface area contributed by atoms with E-state index < -0.39 is 0 Å². The number of aryl methyl sites for hydroxylation is 1. The van der Waals surface area contributed by atoms with E-state index in [2.05, 4.69) is 54.7 Å². The van der Waals surface area contributed by atoms with Crippen LogP contribution in [0.2, 0.25) is 5.02 Å². The largest absolute Gasteiger partial charge is 0.492 e. The highest BCUT2D eigenvalue weighted by atomic mass is 35.5. The van der Waals surface area contributed by atoms with Crippen LogP contribution in [-0.2, 0) is 6.54 Å². The minimum atomic E-state index is 0.609. The second kappa shape index (κ2) is 8.21. The molecule has 1 N–H and O–H groups in total. The Morgan fingerprint density at radius 3 is 2.61 bits per heavy atom. The Labute approximate surface area is 174 Å². The summed E-state index contributed by atoms with van der Waals surface area (Å²) in [5, 5.41) is 5.12. The quantitative estimate of drug-likeness (QED) is 0.375. The van der Waals surface area contributed by atoms with Gasteiger partial charge in [0, 0.05) is 17.8 Å². The zero-order valence-electron chi connectivity index (χ0n) is 15.8. The second-order valence-corrected chi connectivity index (χ2v) is 8.06. The summed E-state index contributed by atoms with van der Waals surface area (Å²) in [7, 11) is 0. The number of aromatic nitrogens is 1. The van der Waals surface area contributed by atoms with E-state index in [0.29, 0.717) is 18.2 Å². The third-order valence-electron chi connectivity index (χ3n) is 4.47. The van der Waals surface area contributed by atoms with Crippen LogP contribution in [-0.4, -0.2) is 11.6 Å². The van der Waals surface area contributed by atoms with Crippen LogP contribution in [0.5, 0.6) is 5.75 Å². The van der Waals surface area contributed by atoms with Gasteiger partial charge in [0.25, 0.3) is 0 Å². The van der Waals surface area contributed by atoms with Crippen LogP contribution in [0, 0.1) is 6.92 Å². The predicted molar refractivity (Wildman–Crippen MR) is 120 cm³/mol. The summed E-state index contributed by atoms with van der Waals surface area (Å²) < 4.78 is 6.71. The van der Waals surface area contributed by atoms with Gasteiger partial charge in [-0.15, -0.1) is 11.3 Å². The molecule has 142 valence electrons. The van der Waals surface area contributed by atoms with Gasteiger partial charge in [0.05, 0.1) is 21.8 Å². The number of nitrogens with one attached hydrogen (secondary N) is 1. The highest BCUT2D eigenvalue weighted by Crippen LogP contribution is 2.31. The van der Waals surface area contributed by atoms with E-state index >= 15 is 0 Å². The number of fused-ring (bicyclic) bond motifs is 1. The van der Waals surface area contributed by atoms with E-state index in [1.54, 1.807) is 11.3 Å². The van der Waals surface area contributed by atoms with Gasteiger partial charge in [-0.25, -0.2) is 4.98 Å². The lowest BCUT2D eigenvalue weighted by Gasteiger charge is -2.10. The molecule has 1 aromatic heterocycles. The first-order valence-corrected chi connectivity index (χ1v) is 10.4. The fraction of sp³-hybridized carbons (Fsp3) is 0.174. The van der Waals surface area contributed by atoms with Crippen LogP contribution < -0.4 is 10.1 Å². The maximum absolute atomic E-state index is 6.26. The molecule has 0 aliphatic carbocycles. The van der Waals surface area contributed by atoms with Gasteiger partial charge in [0.15, 0.2) is 0 Å². The SMILES string of the molecule is CCOc1ccc(CNc2ccc(-c3nc4ccc(C)cc4s3)cc2)cc1Cl. The van der Waals surface area contributed by atoms with Crippen molar-refractivity contribution in [1.29, 1.82) is 0 Å². The van der Waals surface area contributed by atoms with Gasteiger partial charge < -0.3 is 10.1 Å². The molecule has 4 aromatic rings. The lowest BCUT2D eigenvalue weighted by atomic mass is 10.2. The highest BCUT2D eigenvalue weighted by Gasteiger charge is 2.07. The van der Waals surface area contributed by atoms with Crippen molar-refractivity contribution in [2.75, 3.05) is 11.9 Å². The summed E-state index contributed by atoms with van der Waals surface area (Å²) in [5.41, 5.74) is 5.62. The average molecular weight is 409 g/mol. The summed E-state index contributed by atoms with van der Waals surface area (Å²) in [5.74, 6) is 0.725. The second-order valence-electron chi connectivity index (χ2n) is 6.62. The Morgan fingerprint density at radius 1 is 1.04 bits per heavy atom. The molecule has 5 heteroatoms. The number of anilines is 1. The zero-order chi connectivity index (χ0) is 19.5. The first kappa shape index (κ1) is 18.8. The maximum atomic E-state index is 6.26. The minimum absolute atomic E-state index is 0.609. The van der Waals surface area contributed by atoms with Crippen molar-refractivity contribution in [3.05, 3.63) is 76.8 Å². The molecular formula is C23H21ClN2OS. The van der Waals surface area contributed by atoms with Crippen molar-refractivity contribution in [3.63, 3.8) is 0 Å². The topological polar surface area (TPSA) is 34.1 Å². The number of hydrogen-bond acceptors (Lipinski definition) is 4. The Morgan fingerprint density at radius 2 is 1.86 bits per heavy atom. The summed E-state index contributed by atoms with van der Waals surface area (Å²) in [4.78, 5) is 4.75. The molecule has 0 spiro atoms. The van der Waals surface area contributed by atoms with Gasteiger partial charge in [0.1, 0.15) is 10.8 Å². The van der Waals surface area contributed by atoms with Crippen LogP contribution >= 0.6 is 22.9 Å². The zero-order valence-corrected chi connectivity index (χ0v) is 17.4. The van der Waals surface area contributed by atoms with Crippen LogP contribution in [0.4, 0.5) is 5.69 Å². The number of halogens is 1. The van der Waals surface area contributed by atoms with Gasteiger partial charge in [0.2, 0.25) is 0 Å². The van der Waals surface area contributed by atoms with Crippen molar-refractivity contribution >= 4 is 38.8 Å². The standard InChI is InChI=1S/C23H21ClN2OS/c1-3-27-21-11-5-16(13-19(21)24)14-25-18-8-6-17(7-9-18)23-26-20-10-4-15(2)12-22(20)28-23/h4-13,25H,3,14H2,1-2H3. The third-order valence-corrected chi connectivity index (χ3v) is 5.83. The molecule has 4 rings (SSSR count). The maximum Gasteiger partial charge on any atom is 0.137 e. The van der Waals surface area contributed by atoms with E-state index in [0.717, 1.165) is 33.1 Å². The van der Waals surface area contributed by atoms with E-state index in [9.17, 15) is 0 Å². The fourth-order valence-electron chi connectivity index (χ4n) is 3.02. The Kier molecular flexibility index (Phi) is 5.51. The smallest absolute Gasteiger partial charge is 0.137 e. The van der Waals surface area contributed by atoms with Crippen molar-refractivity contribution in [1.82, 2.24) is 4.98 Å². The number of ether oxygens (including phenoxy) is 1. The molecular weight excluding hydrogens is 388 g/mol. The highest BCUT2D eigenvalue weighted by molar-refractivity contribution is 7.21. The Hall–Kier alpha value is -2.56. The number of benzene rings is 3. The first-order valence-electron chi connectivity index (χ1n) is 9.25. The number of rotatable bonds is 6. The van der Waals surface area contributed by atoms with E-state index in [4.69, 9.17) is 21.3 Å². The molecule has 0 fully saturated rings. The molecule has 0 amide bonds. The summed E-state index contributed by atoms with van der Waals surface area (Å²) in [6, 6.07) is 20.7. The van der Waals surface area contributed by atoms with Crippen LogP contribution in [0.3, 0.4) is 0 Å². The van der Waals surface area contributed by atoms with E-state index in [1.807, 2.05) is 25.1 Å². The molecule has 3 nitrogen and oxygen atoms in total. The molecule has 0 radical (unpaired) electrons.